The normalized spacial score (nSPS) is 8.73. The molecule has 0 fully saturated rings. The van der Waals surface area contributed by atoms with Gasteiger partial charge in [-0.1, -0.05) is 0 Å². The van der Waals surface area contributed by atoms with Gasteiger partial charge in [0.25, 0.3) is 0 Å². The number of hydrogen-bond donors (Lipinski definition) is 2. The van der Waals surface area contributed by atoms with Gasteiger partial charge in [0.1, 0.15) is 0 Å². The molecule has 11 heavy (non-hydrogen) atoms. The molecule has 0 radical (unpaired) electrons. The number of nitrogens with zero attached hydrogens (tertiary/aromatic N) is 5. The minimum atomic E-state index is -1.29. The van der Waals surface area contributed by atoms with Crippen molar-refractivity contribution >= 4 is 11.8 Å². The summed E-state index contributed by atoms with van der Waals surface area (Å²) in [4.78, 5) is 12.6. The molecule has 0 bridgehead atoms. The van der Waals surface area contributed by atoms with E-state index < -0.39 is 5.97 Å². The van der Waals surface area contributed by atoms with E-state index in [9.17, 15) is 4.79 Å². The number of azide groups is 1. The first-order chi connectivity index (χ1) is 5.25. The lowest BCUT2D eigenvalue weighted by atomic mass is 10.4. The number of carboxylic acids is 1. The van der Waals surface area contributed by atoms with Gasteiger partial charge in [-0.05, 0) is 10.6 Å². The summed E-state index contributed by atoms with van der Waals surface area (Å²) in [5.74, 6) is -1.55. The van der Waals surface area contributed by atoms with Crippen molar-refractivity contribution in [2.45, 2.75) is 0 Å². The molecule has 0 aliphatic heterocycles. The number of aromatic carboxylic acids is 1. The van der Waals surface area contributed by atoms with Gasteiger partial charge in [0, 0.05) is 4.91 Å². The summed E-state index contributed by atoms with van der Waals surface area (Å²) in [6.45, 7) is 0. The fourth-order valence-corrected chi connectivity index (χ4v) is 0.481. The maximum absolute atomic E-state index is 10.3. The van der Waals surface area contributed by atoms with Crippen LogP contribution in [0, 0.1) is 0 Å². The fourth-order valence-electron chi connectivity index (χ4n) is 0.481. The number of hydrogen-bond acceptors (Lipinski definition) is 4. The van der Waals surface area contributed by atoms with Crippen LogP contribution in [0.5, 0.6) is 0 Å². The van der Waals surface area contributed by atoms with Crippen LogP contribution in [-0.2, 0) is 0 Å². The highest BCUT2D eigenvalue weighted by Crippen LogP contribution is 2.10. The van der Waals surface area contributed by atoms with E-state index in [4.69, 9.17) is 10.6 Å². The molecule has 0 aliphatic rings. The number of aromatic amines is 1. The van der Waals surface area contributed by atoms with E-state index in [1.807, 2.05) is 5.21 Å². The van der Waals surface area contributed by atoms with Crippen LogP contribution >= 0.6 is 0 Å². The highest BCUT2D eigenvalue weighted by molar-refractivity contribution is 5.89. The average Bonchev–Trinajstić information content (AvgIpc) is 2.36. The third kappa shape index (κ3) is 1.25. The van der Waals surface area contributed by atoms with E-state index in [1.54, 1.807) is 0 Å². The standard InChI is InChI=1S/C3H2N6O2/c4-8-6-2-1(3(10)11)5-9-7-2/h(H,10,11)(H,5,7,9). The first kappa shape index (κ1) is 7.03. The average molecular weight is 154 g/mol. The Hall–Kier alpha value is -2.08. The smallest absolute Gasteiger partial charge is 0.358 e. The van der Waals surface area contributed by atoms with Gasteiger partial charge >= 0.3 is 5.97 Å². The summed E-state index contributed by atoms with van der Waals surface area (Å²) < 4.78 is 0. The SMILES string of the molecule is [N-]=[N+]=Nc1n[nH]nc1C(=O)O. The number of rotatable bonds is 2. The van der Waals surface area contributed by atoms with E-state index in [-0.39, 0.29) is 11.5 Å². The van der Waals surface area contributed by atoms with Gasteiger partial charge in [-0.3, -0.25) is 0 Å². The molecule has 1 aromatic heterocycles. The van der Waals surface area contributed by atoms with E-state index in [0.717, 1.165) is 0 Å². The topological polar surface area (TPSA) is 128 Å². The van der Waals surface area contributed by atoms with E-state index in [2.05, 4.69) is 20.2 Å². The maximum Gasteiger partial charge on any atom is 0.358 e. The summed E-state index contributed by atoms with van der Waals surface area (Å²) in [6, 6.07) is 0. The molecule has 2 N–H and O–H groups in total. The second kappa shape index (κ2) is 2.67. The number of nitrogens with one attached hydrogen (secondary N) is 1. The van der Waals surface area contributed by atoms with Crippen molar-refractivity contribution in [1.82, 2.24) is 15.4 Å². The molecular weight excluding hydrogens is 152 g/mol. The Kier molecular flexibility index (Phi) is 1.71. The van der Waals surface area contributed by atoms with Crippen LogP contribution < -0.4 is 0 Å². The highest BCUT2D eigenvalue weighted by Gasteiger charge is 2.12. The highest BCUT2D eigenvalue weighted by atomic mass is 16.4. The zero-order valence-corrected chi connectivity index (χ0v) is 5.09. The van der Waals surface area contributed by atoms with Gasteiger partial charge in [0.15, 0.2) is 11.5 Å². The van der Waals surface area contributed by atoms with Crippen molar-refractivity contribution in [3.63, 3.8) is 0 Å². The second-order valence-electron chi connectivity index (χ2n) is 1.49. The van der Waals surface area contributed by atoms with Crippen molar-refractivity contribution in [2.75, 3.05) is 0 Å². The van der Waals surface area contributed by atoms with Crippen LogP contribution in [0.4, 0.5) is 5.82 Å². The molecule has 0 aromatic carbocycles. The molecule has 8 heteroatoms. The Bertz CT molecular complexity index is 306. The lowest BCUT2D eigenvalue weighted by Gasteiger charge is -1.82. The van der Waals surface area contributed by atoms with Gasteiger partial charge in [0.2, 0.25) is 0 Å². The summed E-state index contributed by atoms with van der Waals surface area (Å²) in [5.41, 5.74) is 7.54. The van der Waals surface area contributed by atoms with Crippen LogP contribution in [-0.4, -0.2) is 26.5 Å². The third-order valence-corrected chi connectivity index (χ3v) is 0.872. The van der Waals surface area contributed by atoms with Gasteiger partial charge in [-0.15, -0.1) is 5.10 Å². The number of aromatic nitrogens is 3. The molecule has 1 aromatic rings. The second-order valence-corrected chi connectivity index (χ2v) is 1.49. The van der Waals surface area contributed by atoms with Crippen molar-refractivity contribution in [2.24, 2.45) is 5.11 Å². The largest absolute Gasteiger partial charge is 0.476 e. The molecule has 8 nitrogen and oxygen atoms in total. The van der Waals surface area contributed by atoms with Crippen LogP contribution in [0.1, 0.15) is 10.5 Å². The Morgan fingerprint density at radius 1 is 1.73 bits per heavy atom. The first-order valence-electron chi connectivity index (χ1n) is 2.45. The maximum atomic E-state index is 10.3. The van der Waals surface area contributed by atoms with Crippen LogP contribution in [0.15, 0.2) is 5.11 Å². The number of H-pyrrole nitrogens is 1. The zero-order chi connectivity index (χ0) is 8.27. The third-order valence-electron chi connectivity index (χ3n) is 0.872. The van der Waals surface area contributed by atoms with Crippen molar-refractivity contribution < 1.29 is 9.90 Å². The molecule has 0 saturated heterocycles. The Balaban J connectivity index is 3.15. The molecule has 0 amide bonds. The molecule has 0 spiro atoms. The lowest BCUT2D eigenvalue weighted by molar-refractivity contribution is 0.0691. The first-order valence-corrected chi connectivity index (χ1v) is 2.45. The van der Waals surface area contributed by atoms with Gasteiger partial charge < -0.3 is 5.11 Å². The molecule has 0 aliphatic carbocycles. The molecule has 0 saturated carbocycles. The van der Waals surface area contributed by atoms with Crippen molar-refractivity contribution in [1.29, 1.82) is 0 Å². The van der Waals surface area contributed by atoms with Crippen molar-refractivity contribution in [3.8, 4) is 0 Å². The predicted molar refractivity (Wildman–Crippen MR) is 32.1 cm³/mol. The number of carbonyl (C=O) groups is 1. The Morgan fingerprint density at radius 2 is 2.45 bits per heavy atom. The quantitative estimate of drug-likeness (QED) is 0.363. The van der Waals surface area contributed by atoms with Crippen LogP contribution in [0.2, 0.25) is 0 Å². The van der Waals surface area contributed by atoms with Gasteiger partial charge in [0.05, 0.1) is 0 Å². The van der Waals surface area contributed by atoms with Gasteiger partial charge in [-0.25, -0.2) is 4.79 Å². The molecule has 0 atom stereocenters. The van der Waals surface area contributed by atoms with Crippen LogP contribution in [0.3, 0.4) is 0 Å². The number of carboxylic acid groups (broad SMARTS) is 1. The lowest BCUT2D eigenvalue weighted by Crippen LogP contribution is -1.96. The van der Waals surface area contributed by atoms with E-state index in [0.29, 0.717) is 0 Å². The molecule has 1 heterocycles. The van der Waals surface area contributed by atoms with E-state index in [1.165, 1.54) is 0 Å². The molecular formula is C3H2N6O2. The Labute approximate surface area is 59.5 Å². The summed E-state index contributed by atoms with van der Waals surface area (Å²) in [7, 11) is 0. The zero-order valence-electron chi connectivity index (χ0n) is 5.09. The van der Waals surface area contributed by atoms with Crippen LogP contribution in [0.25, 0.3) is 10.4 Å². The Morgan fingerprint density at radius 3 is 3.00 bits per heavy atom. The minimum Gasteiger partial charge on any atom is -0.476 e. The monoisotopic (exact) mass is 154 g/mol. The van der Waals surface area contributed by atoms with Gasteiger partial charge in [-0.2, -0.15) is 10.3 Å². The minimum absolute atomic E-state index is 0.264. The summed E-state index contributed by atoms with van der Waals surface area (Å²) in [5, 5.41) is 19.9. The van der Waals surface area contributed by atoms with E-state index >= 15 is 0 Å². The predicted octanol–water partition coefficient (Wildman–Crippen LogP) is 0.445. The summed E-state index contributed by atoms with van der Waals surface area (Å²) >= 11 is 0. The molecule has 1 rings (SSSR count). The molecule has 0 unspecified atom stereocenters. The fraction of sp³-hybridized carbons (Fsp3) is 0. The van der Waals surface area contributed by atoms with Crippen molar-refractivity contribution in [3.05, 3.63) is 16.1 Å². The summed E-state index contributed by atoms with van der Waals surface area (Å²) in [6.07, 6.45) is 0. The molecule has 56 valence electrons.